The van der Waals surface area contributed by atoms with Crippen LogP contribution in [0.1, 0.15) is 28.5 Å². The van der Waals surface area contributed by atoms with E-state index in [1.807, 2.05) is 19.1 Å². The van der Waals surface area contributed by atoms with Gasteiger partial charge in [0, 0.05) is 4.90 Å². The molecule has 0 aliphatic carbocycles. The van der Waals surface area contributed by atoms with Crippen LogP contribution in [0.5, 0.6) is 0 Å². The van der Waals surface area contributed by atoms with Crippen molar-refractivity contribution in [2.24, 2.45) is 0 Å². The number of esters is 1. The molecule has 0 spiro atoms. The SMILES string of the molecule is COC(=O)c1ccc(C(C)Sc2ccc(N)c(Cl)c2)o1. The molecule has 4 nitrogen and oxygen atoms in total. The van der Waals surface area contributed by atoms with Crippen LogP contribution in [0.4, 0.5) is 5.69 Å². The van der Waals surface area contributed by atoms with Crippen molar-refractivity contribution in [2.75, 3.05) is 12.8 Å². The topological polar surface area (TPSA) is 65.5 Å². The fourth-order valence-corrected chi connectivity index (χ4v) is 2.85. The van der Waals surface area contributed by atoms with E-state index in [1.165, 1.54) is 7.11 Å². The second-order valence-electron chi connectivity index (χ2n) is 4.14. The number of anilines is 1. The van der Waals surface area contributed by atoms with Crippen LogP contribution < -0.4 is 5.73 Å². The van der Waals surface area contributed by atoms with Crippen molar-refractivity contribution in [1.29, 1.82) is 0 Å². The summed E-state index contributed by atoms with van der Waals surface area (Å²) in [4.78, 5) is 12.3. The molecule has 0 saturated carbocycles. The van der Waals surface area contributed by atoms with E-state index in [4.69, 9.17) is 21.8 Å². The number of hydrogen-bond donors (Lipinski definition) is 1. The number of rotatable bonds is 4. The first-order valence-electron chi connectivity index (χ1n) is 5.91. The maximum Gasteiger partial charge on any atom is 0.373 e. The highest BCUT2D eigenvalue weighted by molar-refractivity contribution is 7.99. The average Bonchev–Trinajstić information content (AvgIpc) is 2.92. The molecule has 20 heavy (non-hydrogen) atoms. The van der Waals surface area contributed by atoms with Gasteiger partial charge in [0.05, 0.1) is 23.1 Å². The molecule has 0 fully saturated rings. The summed E-state index contributed by atoms with van der Waals surface area (Å²) in [5.41, 5.74) is 6.22. The summed E-state index contributed by atoms with van der Waals surface area (Å²) in [6.45, 7) is 1.98. The van der Waals surface area contributed by atoms with Crippen molar-refractivity contribution in [3.8, 4) is 0 Å². The third kappa shape index (κ3) is 3.29. The molecule has 0 aliphatic rings. The zero-order valence-corrected chi connectivity index (χ0v) is 12.6. The lowest BCUT2D eigenvalue weighted by Crippen LogP contribution is -1.98. The monoisotopic (exact) mass is 311 g/mol. The number of furan rings is 1. The molecular formula is C14H14ClNO3S. The Labute approximate surface area is 126 Å². The summed E-state index contributed by atoms with van der Waals surface area (Å²) < 4.78 is 10.1. The molecule has 1 atom stereocenters. The lowest BCUT2D eigenvalue weighted by Gasteiger charge is -2.09. The molecule has 6 heteroatoms. The minimum atomic E-state index is -0.482. The molecule has 2 aromatic rings. The van der Waals surface area contributed by atoms with Gasteiger partial charge in [0.1, 0.15) is 5.76 Å². The number of carbonyl (C=O) groups is 1. The van der Waals surface area contributed by atoms with Crippen molar-refractivity contribution >= 4 is 35.0 Å². The van der Waals surface area contributed by atoms with Crippen molar-refractivity contribution < 1.29 is 13.9 Å². The van der Waals surface area contributed by atoms with E-state index in [0.29, 0.717) is 16.5 Å². The van der Waals surface area contributed by atoms with E-state index in [0.717, 1.165) is 4.90 Å². The van der Waals surface area contributed by atoms with Crippen molar-refractivity contribution in [1.82, 2.24) is 0 Å². The largest absolute Gasteiger partial charge is 0.463 e. The van der Waals surface area contributed by atoms with Gasteiger partial charge in [-0.25, -0.2) is 4.79 Å². The van der Waals surface area contributed by atoms with E-state index in [9.17, 15) is 4.79 Å². The molecule has 1 unspecified atom stereocenters. The molecule has 0 aliphatic heterocycles. The summed E-state index contributed by atoms with van der Waals surface area (Å²) in [7, 11) is 1.32. The van der Waals surface area contributed by atoms with Gasteiger partial charge in [-0.05, 0) is 37.3 Å². The number of carbonyl (C=O) groups excluding carboxylic acids is 1. The van der Waals surface area contributed by atoms with Crippen molar-refractivity contribution in [3.63, 3.8) is 0 Å². The summed E-state index contributed by atoms with van der Waals surface area (Å²) >= 11 is 7.55. The Hall–Kier alpha value is -1.59. The highest BCUT2D eigenvalue weighted by atomic mass is 35.5. The minimum Gasteiger partial charge on any atom is -0.463 e. The molecular weight excluding hydrogens is 298 g/mol. The smallest absolute Gasteiger partial charge is 0.373 e. The van der Waals surface area contributed by atoms with E-state index < -0.39 is 5.97 Å². The van der Waals surface area contributed by atoms with Crippen LogP contribution >= 0.6 is 23.4 Å². The lowest BCUT2D eigenvalue weighted by atomic mass is 10.3. The Morgan fingerprint density at radius 2 is 2.15 bits per heavy atom. The summed E-state index contributed by atoms with van der Waals surface area (Å²) in [5, 5.41) is 0.560. The third-order valence-electron chi connectivity index (χ3n) is 2.70. The standard InChI is InChI=1S/C14H14ClNO3S/c1-8(12-5-6-13(19-12)14(17)18-2)20-9-3-4-11(16)10(15)7-9/h3-8H,16H2,1-2H3. The van der Waals surface area contributed by atoms with Crippen LogP contribution in [0.3, 0.4) is 0 Å². The molecule has 1 aromatic carbocycles. The second-order valence-corrected chi connectivity index (χ2v) is 5.96. The van der Waals surface area contributed by atoms with Gasteiger partial charge in [-0.3, -0.25) is 0 Å². The molecule has 1 heterocycles. The second kappa shape index (κ2) is 6.24. The van der Waals surface area contributed by atoms with E-state index in [-0.39, 0.29) is 11.0 Å². The Morgan fingerprint density at radius 3 is 2.80 bits per heavy atom. The van der Waals surface area contributed by atoms with E-state index >= 15 is 0 Å². The Bertz CT molecular complexity index is 627. The number of nitrogens with two attached hydrogens (primary N) is 1. The number of ether oxygens (including phenoxy) is 1. The van der Waals surface area contributed by atoms with Crippen LogP contribution in [0.2, 0.25) is 5.02 Å². The first kappa shape index (κ1) is 14.8. The van der Waals surface area contributed by atoms with Gasteiger partial charge in [0.15, 0.2) is 0 Å². The number of nitrogen functional groups attached to an aromatic ring is 1. The Kier molecular flexibility index (Phi) is 4.62. The number of hydrogen-bond acceptors (Lipinski definition) is 5. The highest BCUT2D eigenvalue weighted by Crippen LogP contribution is 2.37. The predicted molar refractivity (Wildman–Crippen MR) is 80.2 cm³/mol. The van der Waals surface area contributed by atoms with Gasteiger partial charge in [0.25, 0.3) is 0 Å². The molecule has 0 radical (unpaired) electrons. The zero-order valence-electron chi connectivity index (χ0n) is 11.1. The molecule has 0 saturated heterocycles. The van der Waals surface area contributed by atoms with Gasteiger partial charge in [-0.1, -0.05) is 11.6 Å². The van der Waals surface area contributed by atoms with Gasteiger partial charge in [-0.2, -0.15) is 0 Å². The molecule has 106 valence electrons. The first-order chi connectivity index (χ1) is 9.51. The Morgan fingerprint density at radius 1 is 1.40 bits per heavy atom. The normalized spacial score (nSPS) is 12.2. The van der Waals surface area contributed by atoms with Gasteiger partial charge in [0.2, 0.25) is 5.76 Å². The van der Waals surface area contributed by atoms with Crippen LogP contribution in [0.15, 0.2) is 39.6 Å². The van der Waals surface area contributed by atoms with E-state index in [2.05, 4.69) is 4.74 Å². The zero-order chi connectivity index (χ0) is 14.7. The van der Waals surface area contributed by atoms with E-state index in [1.54, 1.807) is 30.0 Å². The van der Waals surface area contributed by atoms with Crippen LogP contribution in [0.25, 0.3) is 0 Å². The number of thioether (sulfide) groups is 1. The lowest BCUT2D eigenvalue weighted by molar-refractivity contribution is 0.0563. The van der Waals surface area contributed by atoms with Crippen LogP contribution in [0, 0.1) is 0 Å². The molecule has 0 bridgehead atoms. The summed E-state index contributed by atoms with van der Waals surface area (Å²) in [5.74, 6) is 0.414. The quantitative estimate of drug-likeness (QED) is 0.522. The van der Waals surface area contributed by atoms with Crippen molar-refractivity contribution in [2.45, 2.75) is 17.1 Å². The maximum atomic E-state index is 11.3. The molecule has 1 aromatic heterocycles. The molecule has 2 rings (SSSR count). The minimum absolute atomic E-state index is 0.0353. The third-order valence-corrected chi connectivity index (χ3v) is 4.14. The first-order valence-corrected chi connectivity index (χ1v) is 7.16. The highest BCUT2D eigenvalue weighted by Gasteiger charge is 2.16. The fraction of sp³-hybridized carbons (Fsp3) is 0.214. The molecule has 2 N–H and O–H groups in total. The average molecular weight is 312 g/mol. The maximum absolute atomic E-state index is 11.3. The molecule has 0 amide bonds. The summed E-state index contributed by atoms with van der Waals surface area (Å²) in [6.07, 6.45) is 0. The number of methoxy groups -OCH3 is 1. The Balaban J connectivity index is 2.11. The summed E-state index contributed by atoms with van der Waals surface area (Å²) in [6, 6.07) is 8.84. The van der Waals surface area contributed by atoms with Crippen LogP contribution in [-0.4, -0.2) is 13.1 Å². The van der Waals surface area contributed by atoms with Crippen molar-refractivity contribution in [3.05, 3.63) is 46.9 Å². The van der Waals surface area contributed by atoms with Crippen LogP contribution in [-0.2, 0) is 4.74 Å². The van der Waals surface area contributed by atoms with Gasteiger partial charge in [-0.15, -0.1) is 11.8 Å². The fourth-order valence-electron chi connectivity index (χ4n) is 1.62. The van der Waals surface area contributed by atoms with Gasteiger partial charge >= 0.3 is 5.97 Å². The van der Waals surface area contributed by atoms with Gasteiger partial charge < -0.3 is 14.9 Å². The number of benzene rings is 1. The predicted octanol–water partition coefficient (Wildman–Crippen LogP) is 4.16. The number of halogens is 1.